The number of hydrogen-bond donors (Lipinski definition) is 1. The topological polar surface area (TPSA) is 105 Å². The van der Waals surface area contributed by atoms with Crippen molar-refractivity contribution in [3.63, 3.8) is 0 Å². The lowest BCUT2D eigenvalue weighted by atomic mass is 10.1. The summed E-state index contributed by atoms with van der Waals surface area (Å²) in [5.41, 5.74) is 6.38. The van der Waals surface area contributed by atoms with Crippen molar-refractivity contribution in [3.05, 3.63) is 53.5 Å². The Balaban J connectivity index is 1.86. The molecule has 11 heteroatoms. The second-order valence-corrected chi connectivity index (χ2v) is 6.59. The molecule has 2 N–H and O–H groups in total. The van der Waals surface area contributed by atoms with Crippen LogP contribution in [0.1, 0.15) is 18.9 Å². The Kier molecular flexibility index (Phi) is 4.71. The number of nitrogens with zero attached hydrogens (tertiary/aromatic N) is 6. The summed E-state index contributed by atoms with van der Waals surface area (Å²) in [5.74, 6) is -0.976. The van der Waals surface area contributed by atoms with E-state index >= 15 is 0 Å². The predicted molar refractivity (Wildman–Crippen MR) is 102 cm³/mol. The molecule has 0 radical (unpaired) electrons. The molecule has 4 rings (SSSR count). The van der Waals surface area contributed by atoms with Crippen LogP contribution in [0, 0.1) is 11.6 Å². The molecule has 3 aromatic heterocycles. The number of ether oxygens (including phenoxy) is 1. The molecular weight excluding hydrogens is 404 g/mol. The Bertz CT molecular complexity index is 1230. The van der Waals surface area contributed by atoms with Gasteiger partial charge in [-0.3, -0.25) is 4.68 Å². The van der Waals surface area contributed by atoms with Crippen molar-refractivity contribution in [1.29, 1.82) is 0 Å². The number of aryl methyl sites for hydroxylation is 1. The van der Waals surface area contributed by atoms with Gasteiger partial charge in [-0.25, -0.2) is 28.7 Å². The van der Waals surface area contributed by atoms with Crippen molar-refractivity contribution in [2.24, 2.45) is 7.05 Å². The van der Waals surface area contributed by atoms with Crippen LogP contribution in [0.15, 0.2) is 31.0 Å². The van der Waals surface area contributed by atoms with Crippen LogP contribution in [0.4, 0.5) is 14.6 Å². The van der Waals surface area contributed by atoms with Crippen LogP contribution in [-0.2, 0) is 7.05 Å². The standard InChI is InChI=1S/C18H14ClF2N7O/c1-8(18-26-7-28(2)27-18)29-11-5-23-15(16-12(11)17(22)25-6-24-16)9-3-4-10(20)13(19)14(9)21/h3-8H,1-2H3,(H2,22,24,25)/t8-/m1/s1. The molecule has 0 aliphatic heterocycles. The number of nitrogen functional groups attached to an aromatic ring is 1. The maximum atomic E-state index is 14.6. The highest BCUT2D eigenvalue weighted by molar-refractivity contribution is 6.31. The number of benzene rings is 1. The fraction of sp³-hybridized carbons (Fsp3) is 0.167. The molecule has 0 unspecified atom stereocenters. The number of aromatic nitrogens is 6. The third kappa shape index (κ3) is 3.31. The highest BCUT2D eigenvalue weighted by Crippen LogP contribution is 2.37. The van der Waals surface area contributed by atoms with E-state index in [-0.39, 0.29) is 28.3 Å². The van der Waals surface area contributed by atoms with Crippen LogP contribution in [-0.4, -0.2) is 29.7 Å². The molecule has 1 aromatic carbocycles. The van der Waals surface area contributed by atoms with Gasteiger partial charge in [0.15, 0.2) is 23.5 Å². The van der Waals surface area contributed by atoms with Gasteiger partial charge in [-0.15, -0.1) is 0 Å². The summed E-state index contributed by atoms with van der Waals surface area (Å²) in [7, 11) is 1.74. The van der Waals surface area contributed by atoms with Gasteiger partial charge < -0.3 is 10.5 Å². The highest BCUT2D eigenvalue weighted by Gasteiger charge is 2.22. The Hall–Kier alpha value is -3.40. The van der Waals surface area contributed by atoms with E-state index in [0.717, 1.165) is 6.07 Å². The first-order valence-corrected chi connectivity index (χ1v) is 8.80. The van der Waals surface area contributed by atoms with E-state index in [0.29, 0.717) is 11.2 Å². The van der Waals surface area contributed by atoms with Crippen molar-refractivity contribution in [2.75, 3.05) is 5.73 Å². The van der Waals surface area contributed by atoms with E-state index in [1.165, 1.54) is 18.6 Å². The molecule has 1 atom stereocenters. The van der Waals surface area contributed by atoms with Crippen molar-refractivity contribution >= 4 is 28.3 Å². The first-order chi connectivity index (χ1) is 13.9. The fourth-order valence-electron chi connectivity index (χ4n) is 2.85. The quantitative estimate of drug-likeness (QED) is 0.507. The van der Waals surface area contributed by atoms with E-state index in [2.05, 4.69) is 25.0 Å². The maximum absolute atomic E-state index is 14.6. The summed E-state index contributed by atoms with van der Waals surface area (Å²) in [6.07, 6.45) is 3.61. The zero-order valence-corrected chi connectivity index (χ0v) is 16.0. The zero-order valence-electron chi connectivity index (χ0n) is 15.3. The molecule has 0 saturated heterocycles. The van der Waals surface area contributed by atoms with Crippen LogP contribution < -0.4 is 10.5 Å². The lowest BCUT2D eigenvalue weighted by Crippen LogP contribution is -2.08. The minimum Gasteiger partial charge on any atom is -0.480 e. The van der Waals surface area contributed by atoms with Crippen molar-refractivity contribution in [2.45, 2.75) is 13.0 Å². The Morgan fingerprint density at radius 2 is 1.97 bits per heavy atom. The number of nitrogens with two attached hydrogens (primary N) is 1. The number of hydrogen-bond acceptors (Lipinski definition) is 7. The number of anilines is 1. The van der Waals surface area contributed by atoms with Gasteiger partial charge in [0.25, 0.3) is 0 Å². The molecule has 0 fully saturated rings. The second-order valence-electron chi connectivity index (χ2n) is 6.21. The van der Waals surface area contributed by atoms with Gasteiger partial charge in [0, 0.05) is 12.6 Å². The highest BCUT2D eigenvalue weighted by atomic mass is 35.5. The number of pyridine rings is 1. The lowest BCUT2D eigenvalue weighted by Gasteiger charge is -2.16. The molecule has 0 spiro atoms. The van der Waals surface area contributed by atoms with Gasteiger partial charge in [0.2, 0.25) is 0 Å². The van der Waals surface area contributed by atoms with Gasteiger partial charge in [-0.05, 0) is 19.1 Å². The minimum atomic E-state index is -0.947. The van der Waals surface area contributed by atoms with Crippen molar-refractivity contribution in [1.82, 2.24) is 29.7 Å². The molecule has 0 saturated carbocycles. The summed E-state index contributed by atoms with van der Waals surface area (Å²) >= 11 is 5.71. The summed E-state index contributed by atoms with van der Waals surface area (Å²) in [4.78, 5) is 16.6. The van der Waals surface area contributed by atoms with E-state index in [9.17, 15) is 8.78 Å². The fourth-order valence-corrected chi connectivity index (χ4v) is 3.02. The first-order valence-electron chi connectivity index (χ1n) is 8.42. The van der Waals surface area contributed by atoms with Gasteiger partial charge in [-0.1, -0.05) is 11.6 Å². The minimum absolute atomic E-state index is 0.0227. The van der Waals surface area contributed by atoms with E-state index in [1.807, 2.05) is 0 Å². The van der Waals surface area contributed by atoms with Crippen LogP contribution in [0.25, 0.3) is 22.2 Å². The normalized spacial score (nSPS) is 12.3. The molecule has 4 aromatic rings. The Labute approximate surface area is 168 Å². The zero-order chi connectivity index (χ0) is 20.7. The lowest BCUT2D eigenvalue weighted by molar-refractivity contribution is 0.218. The summed E-state index contributed by atoms with van der Waals surface area (Å²) in [6.45, 7) is 1.76. The van der Waals surface area contributed by atoms with Crippen LogP contribution in [0.2, 0.25) is 5.02 Å². The third-order valence-electron chi connectivity index (χ3n) is 4.23. The number of fused-ring (bicyclic) bond motifs is 1. The molecule has 0 bridgehead atoms. The van der Waals surface area contributed by atoms with Crippen LogP contribution in [0.5, 0.6) is 5.75 Å². The molecule has 0 aliphatic carbocycles. The average Bonchev–Trinajstić information content (AvgIpc) is 3.14. The summed E-state index contributed by atoms with van der Waals surface area (Å²) in [6, 6.07) is 2.29. The smallest absolute Gasteiger partial charge is 0.191 e. The molecule has 148 valence electrons. The molecule has 3 heterocycles. The van der Waals surface area contributed by atoms with Crippen LogP contribution in [0.3, 0.4) is 0 Å². The van der Waals surface area contributed by atoms with E-state index in [4.69, 9.17) is 22.1 Å². The van der Waals surface area contributed by atoms with Crippen molar-refractivity contribution < 1.29 is 13.5 Å². The van der Waals surface area contributed by atoms with E-state index in [1.54, 1.807) is 25.0 Å². The predicted octanol–water partition coefficient (Wildman–Crippen LogP) is 3.47. The molecule has 0 aliphatic rings. The van der Waals surface area contributed by atoms with Gasteiger partial charge >= 0.3 is 0 Å². The maximum Gasteiger partial charge on any atom is 0.191 e. The monoisotopic (exact) mass is 417 g/mol. The Morgan fingerprint density at radius 3 is 2.69 bits per heavy atom. The summed E-state index contributed by atoms with van der Waals surface area (Å²) < 4.78 is 35.6. The van der Waals surface area contributed by atoms with Gasteiger partial charge in [0.05, 0.1) is 17.3 Å². The average molecular weight is 418 g/mol. The van der Waals surface area contributed by atoms with Gasteiger partial charge in [0.1, 0.15) is 34.8 Å². The molecule has 8 nitrogen and oxygen atoms in total. The number of halogens is 3. The van der Waals surface area contributed by atoms with Gasteiger partial charge in [-0.2, -0.15) is 5.10 Å². The van der Waals surface area contributed by atoms with E-state index < -0.39 is 22.8 Å². The van der Waals surface area contributed by atoms with Crippen molar-refractivity contribution in [3.8, 4) is 17.0 Å². The largest absolute Gasteiger partial charge is 0.480 e. The number of rotatable bonds is 4. The third-order valence-corrected chi connectivity index (χ3v) is 4.58. The first kappa shape index (κ1) is 18.9. The Morgan fingerprint density at radius 1 is 1.17 bits per heavy atom. The van der Waals surface area contributed by atoms with Crippen LogP contribution >= 0.6 is 11.6 Å². The second kappa shape index (κ2) is 7.21. The molecule has 29 heavy (non-hydrogen) atoms. The summed E-state index contributed by atoms with van der Waals surface area (Å²) in [5, 5.41) is 3.91. The molecular formula is C18H14ClF2N7O. The SMILES string of the molecule is C[C@@H](Oc1cnc(-c2ccc(F)c(Cl)c2F)c2ncnc(N)c12)c1ncn(C)n1. The molecule has 0 amide bonds.